The molecule has 0 amide bonds. The molecule has 2 aromatic heterocycles. The van der Waals surface area contributed by atoms with Crippen LogP contribution in [0.3, 0.4) is 0 Å². The van der Waals surface area contributed by atoms with Gasteiger partial charge in [-0.05, 0) is 37.1 Å². The first-order valence-corrected chi connectivity index (χ1v) is 6.59. The van der Waals surface area contributed by atoms with Crippen LogP contribution in [0.25, 0.3) is 11.0 Å². The number of aromatic amines is 1. The molecule has 0 atom stereocenters. The van der Waals surface area contributed by atoms with E-state index in [1.165, 1.54) is 11.1 Å². The SMILES string of the molecule is Cc1cc2nc(CCn3cc[n+](C)c3)[nH]c2cc1C. The Morgan fingerprint density at radius 1 is 1.26 bits per heavy atom. The Bertz CT molecular complexity index is 682. The molecule has 0 aliphatic heterocycles. The minimum absolute atomic E-state index is 0.918. The molecule has 0 aliphatic carbocycles. The lowest BCUT2D eigenvalue weighted by atomic mass is 10.1. The first kappa shape index (κ1) is 12.0. The number of imidazole rings is 2. The summed E-state index contributed by atoms with van der Waals surface area (Å²) in [5.74, 6) is 1.05. The Balaban J connectivity index is 1.81. The van der Waals surface area contributed by atoms with Gasteiger partial charge in [-0.3, -0.25) is 0 Å². The van der Waals surface area contributed by atoms with Crippen molar-refractivity contribution in [3.8, 4) is 0 Å². The molecule has 0 saturated carbocycles. The average Bonchev–Trinajstić information content (AvgIpc) is 2.93. The molecule has 1 aromatic carbocycles. The van der Waals surface area contributed by atoms with Crippen molar-refractivity contribution in [2.75, 3.05) is 0 Å². The monoisotopic (exact) mass is 255 g/mol. The summed E-state index contributed by atoms with van der Waals surface area (Å²) in [7, 11) is 2.03. The van der Waals surface area contributed by atoms with Crippen LogP contribution in [0, 0.1) is 13.8 Å². The minimum atomic E-state index is 0.918. The van der Waals surface area contributed by atoms with Crippen LogP contribution in [0.2, 0.25) is 0 Å². The van der Waals surface area contributed by atoms with Crippen molar-refractivity contribution in [2.24, 2.45) is 7.05 Å². The molecule has 0 unspecified atom stereocenters. The minimum Gasteiger partial charge on any atom is -0.342 e. The molecule has 0 fully saturated rings. The Labute approximate surface area is 112 Å². The fraction of sp³-hybridized carbons (Fsp3) is 0.333. The molecule has 1 N–H and O–H groups in total. The van der Waals surface area contributed by atoms with E-state index < -0.39 is 0 Å². The number of aromatic nitrogens is 4. The van der Waals surface area contributed by atoms with Gasteiger partial charge < -0.3 is 4.98 Å². The summed E-state index contributed by atoms with van der Waals surface area (Å²) in [4.78, 5) is 8.07. The Kier molecular flexibility index (Phi) is 2.85. The quantitative estimate of drug-likeness (QED) is 0.715. The Hall–Kier alpha value is -2.10. The zero-order valence-corrected chi connectivity index (χ0v) is 11.6. The van der Waals surface area contributed by atoms with Crippen LogP contribution < -0.4 is 4.57 Å². The molecule has 3 aromatic rings. The second-order valence-corrected chi connectivity index (χ2v) is 5.20. The average molecular weight is 255 g/mol. The lowest BCUT2D eigenvalue weighted by molar-refractivity contribution is -0.671. The maximum atomic E-state index is 4.66. The van der Waals surface area contributed by atoms with Gasteiger partial charge in [0.15, 0.2) is 0 Å². The molecule has 0 radical (unpaired) electrons. The molecular formula is C15H19N4+. The molecular weight excluding hydrogens is 236 g/mol. The van der Waals surface area contributed by atoms with Gasteiger partial charge in [0.05, 0.1) is 24.6 Å². The molecule has 4 heteroatoms. The summed E-state index contributed by atoms with van der Waals surface area (Å²) >= 11 is 0. The van der Waals surface area contributed by atoms with E-state index in [4.69, 9.17) is 0 Å². The van der Waals surface area contributed by atoms with Crippen LogP contribution in [0.4, 0.5) is 0 Å². The van der Waals surface area contributed by atoms with Gasteiger partial charge in [0.25, 0.3) is 0 Å². The fourth-order valence-corrected chi connectivity index (χ4v) is 2.31. The van der Waals surface area contributed by atoms with E-state index in [9.17, 15) is 0 Å². The summed E-state index contributed by atoms with van der Waals surface area (Å²) in [5, 5.41) is 0. The van der Waals surface area contributed by atoms with E-state index in [0.29, 0.717) is 0 Å². The third-order valence-electron chi connectivity index (χ3n) is 3.58. The van der Waals surface area contributed by atoms with Crippen molar-refractivity contribution in [3.63, 3.8) is 0 Å². The van der Waals surface area contributed by atoms with Crippen molar-refractivity contribution in [3.05, 3.63) is 47.8 Å². The first-order valence-electron chi connectivity index (χ1n) is 6.59. The van der Waals surface area contributed by atoms with Crippen LogP contribution in [0.15, 0.2) is 30.9 Å². The third-order valence-corrected chi connectivity index (χ3v) is 3.58. The zero-order valence-electron chi connectivity index (χ0n) is 11.6. The number of H-pyrrole nitrogens is 1. The standard InChI is InChI=1S/C15H19N4/c1-11-8-13-14(9-12(11)2)17-15(16-13)4-5-19-7-6-18(3)10-19/h6-10H,4-5H2,1-3H3,(H,16,17)/q+1. The van der Waals surface area contributed by atoms with E-state index in [1.54, 1.807) is 0 Å². The number of hydrogen-bond acceptors (Lipinski definition) is 1. The molecule has 4 nitrogen and oxygen atoms in total. The topological polar surface area (TPSA) is 37.5 Å². The number of aryl methyl sites for hydroxylation is 5. The summed E-state index contributed by atoms with van der Waals surface area (Å²) in [6, 6.07) is 4.33. The van der Waals surface area contributed by atoms with Gasteiger partial charge in [-0.15, -0.1) is 0 Å². The van der Waals surface area contributed by atoms with Crippen molar-refractivity contribution < 1.29 is 4.57 Å². The smallest absolute Gasteiger partial charge is 0.243 e. The van der Waals surface area contributed by atoms with Crippen LogP contribution >= 0.6 is 0 Å². The fourth-order valence-electron chi connectivity index (χ4n) is 2.31. The highest BCUT2D eigenvalue weighted by Gasteiger charge is 2.07. The van der Waals surface area contributed by atoms with Crippen molar-refractivity contribution in [1.82, 2.24) is 14.5 Å². The van der Waals surface area contributed by atoms with Gasteiger partial charge >= 0.3 is 0 Å². The predicted molar refractivity (Wildman–Crippen MR) is 74.9 cm³/mol. The summed E-state index contributed by atoms with van der Waals surface area (Å²) in [6.07, 6.45) is 7.13. The maximum Gasteiger partial charge on any atom is 0.243 e. The van der Waals surface area contributed by atoms with Crippen LogP contribution in [0.1, 0.15) is 17.0 Å². The Morgan fingerprint density at radius 2 is 2.05 bits per heavy atom. The molecule has 3 rings (SSSR count). The lowest BCUT2D eigenvalue weighted by Gasteiger charge is -1.97. The van der Waals surface area contributed by atoms with E-state index in [0.717, 1.165) is 29.8 Å². The van der Waals surface area contributed by atoms with E-state index >= 15 is 0 Å². The number of nitrogens with one attached hydrogen (secondary N) is 1. The number of hydrogen-bond donors (Lipinski definition) is 1. The number of fused-ring (bicyclic) bond motifs is 1. The summed E-state index contributed by atoms with van der Waals surface area (Å²) in [5.41, 5.74) is 4.80. The Morgan fingerprint density at radius 3 is 2.79 bits per heavy atom. The zero-order chi connectivity index (χ0) is 13.4. The van der Waals surface area contributed by atoms with Crippen LogP contribution in [-0.2, 0) is 20.0 Å². The van der Waals surface area contributed by atoms with Crippen molar-refractivity contribution >= 4 is 11.0 Å². The van der Waals surface area contributed by atoms with E-state index in [1.807, 2.05) is 17.8 Å². The highest BCUT2D eigenvalue weighted by Crippen LogP contribution is 2.17. The second-order valence-electron chi connectivity index (χ2n) is 5.20. The highest BCUT2D eigenvalue weighted by atomic mass is 15.1. The van der Waals surface area contributed by atoms with E-state index in [2.05, 4.69) is 53.0 Å². The summed E-state index contributed by atoms with van der Waals surface area (Å²) < 4.78 is 4.22. The molecule has 2 heterocycles. The van der Waals surface area contributed by atoms with Crippen LogP contribution in [-0.4, -0.2) is 14.5 Å². The van der Waals surface area contributed by atoms with Crippen molar-refractivity contribution in [1.29, 1.82) is 0 Å². The third kappa shape index (κ3) is 2.38. The van der Waals surface area contributed by atoms with Gasteiger partial charge in [-0.25, -0.2) is 14.1 Å². The maximum absolute atomic E-state index is 4.66. The molecule has 0 aliphatic rings. The lowest BCUT2D eigenvalue weighted by Crippen LogP contribution is -2.23. The second kappa shape index (κ2) is 4.53. The normalized spacial score (nSPS) is 11.3. The van der Waals surface area contributed by atoms with E-state index in [-0.39, 0.29) is 0 Å². The number of benzene rings is 1. The molecule has 98 valence electrons. The predicted octanol–water partition coefficient (Wildman–Crippen LogP) is 2.05. The van der Waals surface area contributed by atoms with Gasteiger partial charge in [0.2, 0.25) is 6.33 Å². The molecule has 0 spiro atoms. The summed E-state index contributed by atoms with van der Waals surface area (Å²) in [6.45, 7) is 5.21. The van der Waals surface area contributed by atoms with Gasteiger partial charge in [0.1, 0.15) is 18.2 Å². The number of rotatable bonds is 3. The van der Waals surface area contributed by atoms with Crippen molar-refractivity contribution in [2.45, 2.75) is 26.8 Å². The number of nitrogens with zero attached hydrogens (tertiary/aromatic N) is 3. The van der Waals surface area contributed by atoms with Gasteiger partial charge in [-0.1, -0.05) is 0 Å². The van der Waals surface area contributed by atoms with Crippen LogP contribution in [0.5, 0.6) is 0 Å². The molecule has 19 heavy (non-hydrogen) atoms. The van der Waals surface area contributed by atoms with Gasteiger partial charge in [0, 0.05) is 6.42 Å². The van der Waals surface area contributed by atoms with Gasteiger partial charge in [-0.2, -0.15) is 0 Å². The first-order chi connectivity index (χ1) is 9.11. The molecule has 0 saturated heterocycles. The highest BCUT2D eigenvalue weighted by molar-refractivity contribution is 5.77. The largest absolute Gasteiger partial charge is 0.342 e. The molecule has 0 bridgehead atoms.